The summed E-state index contributed by atoms with van der Waals surface area (Å²) < 4.78 is 10.6. The molecular weight excluding hydrogens is 550 g/mol. The number of likely N-dealkylation sites (tertiary alicyclic amines) is 1. The van der Waals surface area contributed by atoms with Crippen LogP contribution in [0.3, 0.4) is 0 Å². The Labute approximate surface area is 251 Å². The van der Waals surface area contributed by atoms with Gasteiger partial charge in [-0.2, -0.15) is 4.98 Å². The van der Waals surface area contributed by atoms with Crippen LogP contribution in [0, 0.1) is 11.8 Å². The Balaban J connectivity index is 1.39. The van der Waals surface area contributed by atoms with Crippen LogP contribution in [0.4, 0.5) is 4.79 Å². The van der Waals surface area contributed by atoms with E-state index in [2.05, 4.69) is 20.8 Å². The van der Waals surface area contributed by atoms with Crippen molar-refractivity contribution in [1.82, 2.24) is 25.7 Å². The second-order valence-corrected chi connectivity index (χ2v) is 11.4. The zero-order valence-electron chi connectivity index (χ0n) is 25.0. The maximum Gasteiger partial charge on any atom is 0.408 e. The van der Waals surface area contributed by atoms with Gasteiger partial charge in [-0.25, -0.2) is 4.79 Å². The molecule has 43 heavy (non-hydrogen) atoms. The summed E-state index contributed by atoms with van der Waals surface area (Å²) in [6.07, 6.45) is 0.710. The van der Waals surface area contributed by atoms with E-state index in [0.29, 0.717) is 31.7 Å². The standard InChI is InChI=1S/C32H39N5O6/c1-20(2)26(28(38)29-33-25(43-36-29)18-22-12-7-5-8-13-22)34-30(39)24-16-11-17-37(24)31(40)27(21(3)4)35-32(41)42-19-23-14-9-6-10-15-23/h5-10,12-15,20-21,24,26-27H,11,16-19H2,1-4H3,(H,34,39)(H,35,41)/t24-,26-,27-/m0/s1. The summed E-state index contributed by atoms with van der Waals surface area (Å²) in [5, 5.41) is 9.37. The molecule has 2 aromatic carbocycles. The molecule has 0 aliphatic carbocycles. The lowest BCUT2D eigenvalue weighted by Crippen LogP contribution is -2.57. The van der Waals surface area contributed by atoms with E-state index in [1.165, 1.54) is 4.90 Å². The normalized spacial score (nSPS) is 16.1. The smallest absolute Gasteiger partial charge is 0.408 e. The molecule has 4 rings (SSSR count). The number of nitrogens with zero attached hydrogens (tertiary/aromatic N) is 3. The Morgan fingerprint density at radius 2 is 1.53 bits per heavy atom. The lowest BCUT2D eigenvalue weighted by molar-refractivity contribution is -0.141. The van der Waals surface area contributed by atoms with Crippen LogP contribution in [0.1, 0.15) is 68.2 Å². The molecular formula is C32H39N5O6. The van der Waals surface area contributed by atoms with Gasteiger partial charge in [0.25, 0.3) is 0 Å². The molecule has 1 fully saturated rings. The topological polar surface area (TPSA) is 144 Å². The highest BCUT2D eigenvalue weighted by molar-refractivity contribution is 6.00. The average molecular weight is 590 g/mol. The predicted molar refractivity (Wildman–Crippen MR) is 158 cm³/mol. The molecule has 1 saturated heterocycles. The van der Waals surface area contributed by atoms with E-state index >= 15 is 0 Å². The highest BCUT2D eigenvalue weighted by atomic mass is 16.5. The number of benzene rings is 2. The monoisotopic (exact) mass is 589 g/mol. The maximum atomic E-state index is 13.6. The maximum absolute atomic E-state index is 13.6. The second kappa shape index (κ2) is 14.6. The number of carbonyl (C=O) groups is 4. The zero-order valence-corrected chi connectivity index (χ0v) is 25.0. The van der Waals surface area contributed by atoms with E-state index in [4.69, 9.17) is 9.26 Å². The number of carbonyl (C=O) groups excluding carboxylic acids is 4. The summed E-state index contributed by atoms with van der Waals surface area (Å²) in [7, 11) is 0. The number of amides is 3. The van der Waals surface area contributed by atoms with E-state index in [1.807, 2.05) is 88.4 Å². The van der Waals surface area contributed by atoms with Gasteiger partial charge in [0.2, 0.25) is 29.3 Å². The number of hydrogen-bond donors (Lipinski definition) is 2. The first kappa shape index (κ1) is 31.4. The van der Waals surface area contributed by atoms with Gasteiger partial charge in [0, 0.05) is 6.54 Å². The Morgan fingerprint density at radius 3 is 2.16 bits per heavy atom. The minimum atomic E-state index is -0.917. The Morgan fingerprint density at radius 1 is 0.907 bits per heavy atom. The van der Waals surface area contributed by atoms with Gasteiger partial charge in [-0.1, -0.05) is 93.5 Å². The van der Waals surface area contributed by atoms with Gasteiger partial charge in [-0.05, 0) is 35.8 Å². The third kappa shape index (κ3) is 8.27. The Bertz CT molecular complexity index is 1390. The number of Topliss-reactive ketones (excluding diaryl/α,β-unsaturated/α-hetero) is 1. The van der Waals surface area contributed by atoms with E-state index < -0.39 is 35.9 Å². The van der Waals surface area contributed by atoms with Crippen LogP contribution < -0.4 is 10.6 Å². The lowest BCUT2D eigenvalue weighted by atomic mass is 9.98. The first-order chi connectivity index (χ1) is 20.6. The molecule has 3 amide bonds. The number of ether oxygens (including phenoxy) is 1. The summed E-state index contributed by atoms with van der Waals surface area (Å²) in [6.45, 7) is 7.68. The van der Waals surface area contributed by atoms with Crippen molar-refractivity contribution in [3.05, 3.63) is 83.5 Å². The molecule has 1 aliphatic heterocycles. The summed E-state index contributed by atoms with van der Waals surface area (Å²) in [5.74, 6) is -1.63. The number of alkyl carbamates (subject to hydrolysis) is 1. The van der Waals surface area contributed by atoms with Gasteiger partial charge in [-0.15, -0.1) is 0 Å². The third-order valence-corrected chi connectivity index (χ3v) is 7.39. The lowest BCUT2D eigenvalue weighted by Gasteiger charge is -2.31. The molecule has 0 radical (unpaired) electrons. The van der Waals surface area contributed by atoms with E-state index in [1.54, 1.807) is 0 Å². The molecule has 3 atom stereocenters. The molecule has 0 spiro atoms. The van der Waals surface area contributed by atoms with Crippen molar-refractivity contribution in [2.24, 2.45) is 11.8 Å². The highest BCUT2D eigenvalue weighted by Crippen LogP contribution is 2.22. The molecule has 0 bridgehead atoms. The number of nitrogens with one attached hydrogen (secondary N) is 2. The second-order valence-electron chi connectivity index (χ2n) is 11.4. The Hall–Kier alpha value is -4.54. The SMILES string of the molecule is CC(C)[C@H](NC(=O)[C@@H]1CCCN1C(=O)[C@@H](NC(=O)OCc1ccccc1)C(C)C)C(=O)c1noc(Cc2ccccc2)n1. The van der Waals surface area contributed by atoms with Crippen molar-refractivity contribution < 1.29 is 28.4 Å². The molecule has 11 nitrogen and oxygen atoms in total. The van der Waals surface area contributed by atoms with Crippen molar-refractivity contribution in [1.29, 1.82) is 0 Å². The van der Waals surface area contributed by atoms with Crippen LogP contribution in [0.25, 0.3) is 0 Å². The van der Waals surface area contributed by atoms with Gasteiger partial charge >= 0.3 is 6.09 Å². The van der Waals surface area contributed by atoms with Crippen LogP contribution in [0.2, 0.25) is 0 Å². The highest BCUT2D eigenvalue weighted by Gasteiger charge is 2.40. The van der Waals surface area contributed by atoms with Gasteiger partial charge in [0.1, 0.15) is 18.7 Å². The number of hydrogen-bond acceptors (Lipinski definition) is 8. The molecule has 11 heteroatoms. The molecule has 0 unspecified atom stereocenters. The quantitative estimate of drug-likeness (QED) is 0.303. The van der Waals surface area contributed by atoms with Crippen LogP contribution in [0.5, 0.6) is 0 Å². The van der Waals surface area contributed by atoms with E-state index in [-0.39, 0.29) is 30.2 Å². The van der Waals surface area contributed by atoms with E-state index in [0.717, 1.165) is 11.1 Å². The van der Waals surface area contributed by atoms with Crippen molar-refractivity contribution in [3.8, 4) is 0 Å². The molecule has 2 N–H and O–H groups in total. The van der Waals surface area contributed by atoms with Gasteiger partial charge in [-0.3, -0.25) is 14.4 Å². The average Bonchev–Trinajstić information content (AvgIpc) is 3.68. The first-order valence-electron chi connectivity index (χ1n) is 14.6. The molecule has 0 saturated carbocycles. The Kier molecular flexibility index (Phi) is 10.6. The van der Waals surface area contributed by atoms with Crippen LogP contribution in [-0.2, 0) is 27.4 Å². The fraction of sp³-hybridized carbons (Fsp3) is 0.438. The number of ketones is 1. The minimum absolute atomic E-state index is 0.0686. The third-order valence-electron chi connectivity index (χ3n) is 7.39. The van der Waals surface area contributed by atoms with Crippen LogP contribution in [0.15, 0.2) is 65.2 Å². The minimum Gasteiger partial charge on any atom is -0.445 e. The van der Waals surface area contributed by atoms with Crippen LogP contribution >= 0.6 is 0 Å². The van der Waals surface area contributed by atoms with E-state index in [9.17, 15) is 19.2 Å². The summed E-state index contributed by atoms with van der Waals surface area (Å²) >= 11 is 0. The van der Waals surface area contributed by atoms with Gasteiger partial charge in [0.05, 0.1) is 12.5 Å². The van der Waals surface area contributed by atoms with Crippen LogP contribution in [-0.4, -0.2) is 63.4 Å². The summed E-state index contributed by atoms with van der Waals surface area (Å²) in [5.41, 5.74) is 1.78. The van der Waals surface area contributed by atoms with Crippen molar-refractivity contribution >= 4 is 23.7 Å². The summed E-state index contributed by atoms with van der Waals surface area (Å²) in [6, 6.07) is 16.2. The fourth-order valence-electron chi connectivity index (χ4n) is 5.01. The van der Waals surface area contributed by atoms with Crippen molar-refractivity contribution in [2.45, 2.75) is 71.7 Å². The predicted octanol–water partition coefficient (Wildman–Crippen LogP) is 3.93. The molecule has 1 aromatic heterocycles. The molecule has 2 heterocycles. The number of rotatable bonds is 12. The molecule has 228 valence electrons. The largest absolute Gasteiger partial charge is 0.445 e. The molecule has 1 aliphatic rings. The van der Waals surface area contributed by atoms with Gasteiger partial charge in [0.15, 0.2) is 0 Å². The van der Waals surface area contributed by atoms with Crippen molar-refractivity contribution in [2.75, 3.05) is 6.54 Å². The zero-order chi connectivity index (χ0) is 30.9. The first-order valence-corrected chi connectivity index (χ1v) is 14.6. The molecule has 3 aromatic rings. The summed E-state index contributed by atoms with van der Waals surface area (Å²) in [4.78, 5) is 58.8. The number of aromatic nitrogens is 2. The fourth-order valence-corrected chi connectivity index (χ4v) is 5.01. The van der Waals surface area contributed by atoms with Gasteiger partial charge < -0.3 is 24.8 Å². The van der Waals surface area contributed by atoms with Crippen molar-refractivity contribution in [3.63, 3.8) is 0 Å².